The second-order valence-electron chi connectivity index (χ2n) is 6.02. The van der Waals surface area contributed by atoms with Crippen LogP contribution in [0.2, 0.25) is 0 Å². The average molecular weight is 350 g/mol. The zero-order valence-corrected chi connectivity index (χ0v) is 15.5. The van der Waals surface area contributed by atoms with Crippen LogP contribution in [0.1, 0.15) is 30.7 Å². The van der Waals surface area contributed by atoms with Gasteiger partial charge in [0.05, 0.1) is 12.8 Å². The average Bonchev–Trinajstić information content (AvgIpc) is 3.02. The maximum absolute atomic E-state index is 11.8. The smallest absolute Gasteiger partial charge is 0.330 e. The number of aryl methyl sites for hydroxylation is 3. The van der Waals surface area contributed by atoms with Gasteiger partial charge in [-0.1, -0.05) is 0 Å². The van der Waals surface area contributed by atoms with Crippen molar-refractivity contribution in [3.8, 4) is 11.1 Å². The highest BCUT2D eigenvalue weighted by Gasteiger charge is 2.17. The highest BCUT2D eigenvalue weighted by molar-refractivity contribution is 5.99. The first-order chi connectivity index (χ1) is 12.5. The monoisotopic (exact) mass is 350 g/mol. The lowest BCUT2D eigenvalue weighted by molar-refractivity contribution is -0.137. The number of carbonyl (C=O) groups is 1. The van der Waals surface area contributed by atoms with Crippen LogP contribution in [-0.4, -0.2) is 32.3 Å². The van der Waals surface area contributed by atoms with Gasteiger partial charge in [-0.05, 0) is 45.4 Å². The third kappa shape index (κ3) is 3.35. The summed E-state index contributed by atoms with van der Waals surface area (Å²) in [4.78, 5) is 20.8. The topological polar surface area (TPSA) is 69.9 Å². The molecule has 0 unspecified atom stereocenters. The fourth-order valence-corrected chi connectivity index (χ4v) is 3.00. The standard InChI is InChI=1S/C20H22N4O2/c1-5-24-20-17(12-22-24)19(15-9-13(3)10-21-11-15)16(14(4)23-20)7-8-18(25)26-6-2/h7-12H,5-6H2,1-4H3. The molecule has 0 radical (unpaired) electrons. The van der Waals surface area contributed by atoms with Crippen molar-refractivity contribution in [1.29, 1.82) is 0 Å². The highest BCUT2D eigenvalue weighted by Crippen LogP contribution is 2.34. The molecule has 3 aromatic heterocycles. The summed E-state index contributed by atoms with van der Waals surface area (Å²) in [6, 6.07) is 2.08. The predicted molar refractivity (Wildman–Crippen MR) is 102 cm³/mol. The van der Waals surface area contributed by atoms with Crippen molar-refractivity contribution in [2.75, 3.05) is 6.61 Å². The zero-order chi connectivity index (χ0) is 18.7. The minimum absolute atomic E-state index is 0.345. The van der Waals surface area contributed by atoms with Crippen LogP contribution in [0.25, 0.3) is 28.2 Å². The molecule has 0 spiro atoms. The lowest BCUT2D eigenvalue weighted by Crippen LogP contribution is -2.02. The number of aromatic nitrogens is 4. The Morgan fingerprint density at radius 3 is 2.73 bits per heavy atom. The predicted octanol–water partition coefficient (Wildman–Crippen LogP) is 3.71. The van der Waals surface area contributed by atoms with Crippen molar-refractivity contribution < 1.29 is 9.53 Å². The Balaban J connectivity index is 2.27. The van der Waals surface area contributed by atoms with Gasteiger partial charge in [0, 0.05) is 52.8 Å². The summed E-state index contributed by atoms with van der Waals surface area (Å²) >= 11 is 0. The van der Waals surface area contributed by atoms with Gasteiger partial charge in [0.2, 0.25) is 0 Å². The van der Waals surface area contributed by atoms with Crippen LogP contribution in [0.5, 0.6) is 0 Å². The third-order valence-electron chi connectivity index (χ3n) is 4.15. The van der Waals surface area contributed by atoms with Gasteiger partial charge in [0.25, 0.3) is 0 Å². The summed E-state index contributed by atoms with van der Waals surface area (Å²) in [6.07, 6.45) is 8.67. The number of rotatable bonds is 5. The number of hydrogen-bond donors (Lipinski definition) is 0. The quantitative estimate of drug-likeness (QED) is 0.518. The highest BCUT2D eigenvalue weighted by atomic mass is 16.5. The van der Waals surface area contributed by atoms with Crippen LogP contribution in [0.4, 0.5) is 0 Å². The largest absolute Gasteiger partial charge is 0.463 e. The molecule has 0 aliphatic carbocycles. The van der Waals surface area contributed by atoms with Crippen LogP contribution in [0, 0.1) is 13.8 Å². The van der Waals surface area contributed by atoms with E-state index in [9.17, 15) is 4.79 Å². The Morgan fingerprint density at radius 1 is 1.23 bits per heavy atom. The summed E-state index contributed by atoms with van der Waals surface area (Å²) in [7, 11) is 0. The lowest BCUT2D eigenvalue weighted by Gasteiger charge is -2.12. The van der Waals surface area contributed by atoms with E-state index in [-0.39, 0.29) is 5.97 Å². The number of esters is 1. The van der Waals surface area contributed by atoms with Gasteiger partial charge < -0.3 is 4.74 Å². The number of hydrogen-bond acceptors (Lipinski definition) is 5. The van der Waals surface area contributed by atoms with Gasteiger partial charge in [-0.25, -0.2) is 14.5 Å². The first-order valence-electron chi connectivity index (χ1n) is 8.68. The summed E-state index contributed by atoms with van der Waals surface area (Å²) in [5.41, 5.74) is 5.53. The fourth-order valence-electron chi connectivity index (χ4n) is 3.00. The van der Waals surface area contributed by atoms with Crippen molar-refractivity contribution in [2.24, 2.45) is 0 Å². The molecule has 6 heteroatoms. The van der Waals surface area contributed by atoms with Crippen molar-refractivity contribution in [3.05, 3.63) is 47.6 Å². The molecule has 0 saturated carbocycles. The number of pyridine rings is 2. The van der Waals surface area contributed by atoms with Gasteiger partial charge in [-0.2, -0.15) is 5.10 Å². The van der Waals surface area contributed by atoms with E-state index in [0.717, 1.165) is 45.5 Å². The molecule has 0 atom stereocenters. The second-order valence-corrected chi connectivity index (χ2v) is 6.02. The van der Waals surface area contributed by atoms with Gasteiger partial charge >= 0.3 is 5.97 Å². The van der Waals surface area contributed by atoms with Gasteiger partial charge in [0.1, 0.15) is 0 Å². The van der Waals surface area contributed by atoms with Crippen LogP contribution < -0.4 is 0 Å². The maximum Gasteiger partial charge on any atom is 0.330 e. The van der Waals surface area contributed by atoms with Gasteiger partial charge in [-0.3, -0.25) is 4.98 Å². The van der Waals surface area contributed by atoms with Crippen molar-refractivity contribution >= 4 is 23.1 Å². The van der Waals surface area contributed by atoms with Gasteiger partial charge in [0.15, 0.2) is 5.65 Å². The van der Waals surface area contributed by atoms with E-state index >= 15 is 0 Å². The molecular formula is C20H22N4O2. The molecule has 0 amide bonds. The molecule has 0 aliphatic rings. The molecule has 0 N–H and O–H groups in total. The summed E-state index contributed by atoms with van der Waals surface area (Å²) in [6.45, 7) is 8.84. The zero-order valence-electron chi connectivity index (χ0n) is 15.5. The molecular weight excluding hydrogens is 328 g/mol. The Bertz CT molecular complexity index is 989. The van der Waals surface area contributed by atoms with Gasteiger partial charge in [-0.15, -0.1) is 0 Å². The number of nitrogens with zero attached hydrogens (tertiary/aromatic N) is 4. The molecule has 6 nitrogen and oxygen atoms in total. The normalized spacial score (nSPS) is 11.4. The van der Waals surface area contributed by atoms with Crippen molar-refractivity contribution in [1.82, 2.24) is 19.7 Å². The van der Waals surface area contributed by atoms with E-state index in [0.29, 0.717) is 6.61 Å². The molecule has 0 aliphatic heterocycles. The van der Waals surface area contributed by atoms with E-state index in [2.05, 4.69) is 16.1 Å². The summed E-state index contributed by atoms with van der Waals surface area (Å²) in [5, 5.41) is 5.39. The van der Waals surface area contributed by atoms with Crippen LogP contribution >= 0.6 is 0 Å². The number of ether oxygens (including phenoxy) is 1. The molecule has 3 heterocycles. The van der Waals surface area contributed by atoms with Crippen molar-refractivity contribution in [2.45, 2.75) is 34.2 Å². The molecule has 3 rings (SSSR count). The summed E-state index contributed by atoms with van der Waals surface area (Å²) < 4.78 is 6.87. The van der Waals surface area contributed by atoms with E-state index in [1.807, 2.05) is 44.0 Å². The molecule has 3 aromatic rings. The number of carbonyl (C=O) groups excluding carboxylic acids is 1. The van der Waals surface area contributed by atoms with E-state index in [4.69, 9.17) is 9.72 Å². The molecule has 0 saturated heterocycles. The second kappa shape index (κ2) is 7.47. The van der Waals surface area contributed by atoms with E-state index < -0.39 is 0 Å². The van der Waals surface area contributed by atoms with E-state index in [1.165, 1.54) is 6.08 Å². The Kier molecular flexibility index (Phi) is 5.11. The SMILES string of the molecule is CCOC(=O)C=Cc1c(C)nc2c(cnn2CC)c1-c1cncc(C)c1. The van der Waals surface area contributed by atoms with Crippen LogP contribution in [0.15, 0.2) is 30.7 Å². The Hall–Kier alpha value is -3.02. The first-order valence-corrected chi connectivity index (χ1v) is 8.68. The fraction of sp³-hybridized carbons (Fsp3) is 0.300. The molecule has 134 valence electrons. The Labute approximate surface area is 152 Å². The third-order valence-corrected chi connectivity index (χ3v) is 4.15. The molecule has 26 heavy (non-hydrogen) atoms. The first kappa shape index (κ1) is 17.8. The van der Waals surface area contributed by atoms with Crippen LogP contribution in [-0.2, 0) is 16.1 Å². The number of fused-ring (bicyclic) bond motifs is 1. The molecule has 0 aromatic carbocycles. The minimum atomic E-state index is -0.371. The minimum Gasteiger partial charge on any atom is -0.463 e. The van der Waals surface area contributed by atoms with Crippen molar-refractivity contribution in [3.63, 3.8) is 0 Å². The summed E-state index contributed by atoms with van der Waals surface area (Å²) in [5.74, 6) is -0.371. The van der Waals surface area contributed by atoms with E-state index in [1.54, 1.807) is 13.0 Å². The maximum atomic E-state index is 11.8. The molecule has 0 bridgehead atoms. The Morgan fingerprint density at radius 2 is 2.04 bits per heavy atom. The molecule has 0 fully saturated rings. The lowest BCUT2D eigenvalue weighted by atomic mass is 9.96. The van der Waals surface area contributed by atoms with Crippen LogP contribution in [0.3, 0.4) is 0 Å².